The van der Waals surface area contributed by atoms with E-state index in [0.717, 1.165) is 5.56 Å². The third kappa shape index (κ3) is 4.62. The van der Waals surface area contributed by atoms with Crippen molar-refractivity contribution >= 4 is 6.03 Å². The monoisotopic (exact) mass is 382 g/mol. The molecule has 0 saturated carbocycles. The van der Waals surface area contributed by atoms with E-state index in [2.05, 4.69) is 16.4 Å². The van der Waals surface area contributed by atoms with Gasteiger partial charge in [0.15, 0.2) is 11.5 Å². The molecule has 1 N–H and O–H groups in total. The van der Waals surface area contributed by atoms with Crippen molar-refractivity contribution in [2.75, 3.05) is 27.3 Å². The van der Waals surface area contributed by atoms with Gasteiger partial charge in [-0.15, -0.1) is 0 Å². The van der Waals surface area contributed by atoms with Crippen LogP contribution in [0.4, 0.5) is 4.79 Å². The molecule has 2 amide bonds. The van der Waals surface area contributed by atoms with Crippen LogP contribution in [0.25, 0.3) is 0 Å². The maximum atomic E-state index is 12.4. The number of hydrogen-bond acceptors (Lipinski definition) is 6. The van der Waals surface area contributed by atoms with Crippen LogP contribution in [0.1, 0.15) is 17.5 Å². The summed E-state index contributed by atoms with van der Waals surface area (Å²) in [4.78, 5) is 18.3. The second-order valence-corrected chi connectivity index (χ2v) is 6.32. The maximum absolute atomic E-state index is 12.4. The number of amides is 2. The third-order valence-corrected chi connectivity index (χ3v) is 4.48. The van der Waals surface area contributed by atoms with E-state index in [9.17, 15) is 4.79 Å². The van der Waals surface area contributed by atoms with Gasteiger partial charge in [0, 0.05) is 31.8 Å². The Morgan fingerprint density at radius 3 is 2.86 bits per heavy atom. The normalized spacial score (nSPS) is 15.6. The molecule has 1 fully saturated rings. The van der Waals surface area contributed by atoms with Gasteiger partial charge in [-0.2, -0.15) is 5.26 Å². The van der Waals surface area contributed by atoms with E-state index in [-0.39, 0.29) is 12.1 Å². The minimum Gasteiger partial charge on any atom is -0.493 e. The van der Waals surface area contributed by atoms with Gasteiger partial charge in [-0.25, -0.2) is 9.78 Å². The summed E-state index contributed by atoms with van der Waals surface area (Å²) in [7, 11) is 3.16. The number of urea groups is 1. The lowest BCUT2D eigenvalue weighted by molar-refractivity contribution is 0.183. The predicted octanol–water partition coefficient (Wildman–Crippen LogP) is 2.33. The molecule has 0 bridgehead atoms. The summed E-state index contributed by atoms with van der Waals surface area (Å²) in [6.07, 6.45) is 2.10. The number of rotatable bonds is 6. The number of nitrogens with one attached hydrogen (secondary N) is 1. The summed E-state index contributed by atoms with van der Waals surface area (Å²) in [5.74, 6) is 1.67. The van der Waals surface area contributed by atoms with Crippen LogP contribution in [0.3, 0.4) is 0 Å². The zero-order chi connectivity index (χ0) is 19.9. The van der Waals surface area contributed by atoms with Crippen molar-refractivity contribution in [1.82, 2.24) is 15.2 Å². The Kier molecular flexibility index (Phi) is 6.17. The van der Waals surface area contributed by atoms with Crippen molar-refractivity contribution in [2.24, 2.45) is 0 Å². The van der Waals surface area contributed by atoms with E-state index in [1.165, 1.54) is 6.20 Å². The molecule has 1 saturated heterocycles. The second-order valence-electron chi connectivity index (χ2n) is 6.32. The van der Waals surface area contributed by atoms with Gasteiger partial charge in [-0.3, -0.25) is 0 Å². The molecule has 1 aromatic heterocycles. The van der Waals surface area contributed by atoms with Crippen LogP contribution < -0.4 is 19.5 Å². The minimum atomic E-state index is -0.153. The zero-order valence-corrected chi connectivity index (χ0v) is 15.8. The van der Waals surface area contributed by atoms with E-state index in [4.69, 9.17) is 19.5 Å². The summed E-state index contributed by atoms with van der Waals surface area (Å²) in [5.41, 5.74) is 1.41. The van der Waals surface area contributed by atoms with E-state index in [1.54, 1.807) is 31.3 Å². The number of nitrogens with zero attached hydrogens (tertiary/aromatic N) is 3. The first kappa shape index (κ1) is 19.3. The Morgan fingerprint density at radius 2 is 2.11 bits per heavy atom. The van der Waals surface area contributed by atoms with E-state index < -0.39 is 0 Å². The Morgan fingerprint density at radius 1 is 1.29 bits per heavy atom. The van der Waals surface area contributed by atoms with Gasteiger partial charge in [-0.05, 0) is 23.8 Å². The Hall–Kier alpha value is -3.47. The highest BCUT2D eigenvalue weighted by atomic mass is 16.5. The van der Waals surface area contributed by atoms with Gasteiger partial charge < -0.3 is 24.4 Å². The molecule has 146 valence electrons. The highest BCUT2D eigenvalue weighted by Gasteiger charge is 2.27. The number of ether oxygens (including phenoxy) is 3. The van der Waals surface area contributed by atoms with Crippen molar-refractivity contribution in [2.45, 2.75) is 19.1 Å². The minimum absolute atomic E-state index is 0.145. The lowest BCUT2D eigenvalue weighted by Gasteiger charge is -2.18. The number of aromatic nitrogens is 1. The zero-order valence-electron chi connectivity index (χ0n) is 15.8. The van der Waals surface area contributed by atoms with Gasteiger partial charge >= 0.3 is 6.03 Å². The first-order valence-electron chi connectivity index (χ1n) is 8.89. The highest BCUT2D eigenvalue weighted by Crippen LogP contribution is 2.27. The predicted molar refractivity (Wildman–Crippen MR) is 101 cm³/mol. The molecule has 28 heavy (non-hydrogen) atoms. The van der Waals surface area contributed by atoms with Crippen molar-refractivity contribution in [1.29, 1.82) is 5.26 Å². The fraction of sp³-hybridized carbons (Fsp3) is 0.350. The maximum Gasteiger partial charge on any atom is 0.317 e. The quantitative estimate of drug-likeness (QED) is 0.824. The van der Waals surface area contributed by atoms with Gasteiger partial charge in [0.25, 0.3) is 0 Å². The number of carbonyl (C=O) groups excluding carboxylic acids is 1. The molecule has 0 spiro atoms. The average Bonchev–Trinajstić information content (AvgIpc) is 3.20. The summed E-state index contributed by atoms with van der Waals surface area (Å²) < 4.78 is 16.3. The molecule has 1 unspecified atom stereocenters. The summed E-state index contributed by atoms with van der Waals surface area (Å²) in [6, 6.07) is 10.6. The first-order chi connectivity index (χ1) is 13.6. The molecule has 1 aliphatic rings. The summed E-state index contributed by atoms with van der Waals surface area (Å²) >= 11 is 0. The van der Waals surface area contributed by atoms with E-state index >= 15 is 0 Å². The number of pyridine rings is 1. The smallest absolute Gasteiger partial charge is 0.317 e. The number of hydrogen-bond donors (Lipinski definition) is 1. The number of carbonyl (C=O) groups is 1. The van der Waals surface area contributed by atoms with Gasteiger partial charge in [-0.1, -0.05) is 6.07 Å². The number of likely N-dealkylation sites (tertiary alicyclic amines) is 1. The van der Waals surface area contributed by atoms with Crippen LogP contribution in [0, 0.1) is 11.3 Å². The Bertz CT molecular complexity index is 881. The molecule has 2 heterocycles. The average molecular weight is 382 g/mol. The van der Waals surface area contributed by atoms with Crippen molar-refractivity contribution < 1.29 is 19.0 Å². The van der Waals surface area contributed by atoms with E-state index in [1.807, 2.05) is 18.2 Å². The molecule has 2 aromatic rings. The Labute approximate surface area is 163 Å². The molecule has 1 aromatic carbocycles. The van der Waals surface area contributed by atoms with Crippen LogP contribution in [0.15, 0.2) is 36.5 Å². The molecular formula is C20H22N4O4. The van der Waals surface area contributed by atoms with Crippen LogP contribution in [-0.4, -0.2) is 49.3 Å². The molecule has 0 radical (unpaired) electrons. The molecule has 8 nitrogen and oxygen atoms in total. The number of methoxy groups -OCH3 is 2. The molecule has 0 aliphatic carbocycles. The van der Waals surface area contributed by atoms with Crippen molar-refractivity contribution in [3.05, 3.63) is 47.7 Å². The summed E-state index contributed by atoms with van der Waals surface area (Å²) in [6.45, 7) is 1.45. The molecule has 1 aliphatic heterocycles. The topological polar surface area (TPSA) is 96.7 Å². The van der Waals surface area contributed by atoms with Crippen LogP contribution >= 0.6 is 0 Å². The standard InChI is InChI=1S/C20H22N4O4/c1-26-17-4-3-15(9-18(17)27-2)12-23-20(25)24-8-6-16(13-24)28-19-10-14(11-21)5-7-22-19/h3-5,7,9-10,16H,6,8,12-13H2,1-2H3,(H,23,25). The van der Waals surface area contributed by atoms with Crippen molar-refractivity contribution in [3.8, 4) is 23.4 Å². The molecule has 3 rings (SSSR count). The first-order valence-corrected chi connectivity index (χ1v) is 8.89. The van der Waals surface area contributed by atoms with E-state index in [0.29, 0.717) is 49.0 Å². The second kappa shape index (κ2) is 8.95. The molecular weight excluding hydrogens is 360 g/mol. The van der Waals surface area contributed by atoms with Crippen LogP contribution in [0.5, 0.6) is 17.4 Å². The summed E-state index contributed by atoms with van der Waals surface area (Å²) in [5, 5.41) is 11.9. The van der Waals surface area contributed by atoms with Crippen LogP contribution in [-0.2, 0) is 6.54 Å². The highest BCUT2D eigenvalue weighted by molar-refractivity contribution is 5.74. The lowest BCUT2D eigenvalue weighted by atomic mass is 10.2. The number of nitriles is 1. The molecule has 8 heteroatoms. The molecule has 1 atom stereocenters. The van der Waals surface area contributed by atoms with Gasteiger partial charge in [0.2, 0.25) is 5.88 Å². The largest absolute Gasteiger partial charge is 0.493 e. The number of benzene rings is 1. The van der Waals surface area contributed by atoms with Crippen molar-refractivity contribution in [3.63, 3.8) is 0 Å². The lowest BCUT2D eigenvalue weighted by Crippen LogP contribution is -2.39. The Balaban J connectivity index is 1.51. The third-order valence-electron chi connectivity index (χ3n) is 4.48. The van der Waals surface area contributed by atoms with Gasteiger partial charge in [0.1, 0.15) is 6.10 Å². The fourth-order valence-corrected chi connectivity index (χ4v) is 3.00. The fourth-order valence-electron chi connectivity index (χ4n) is 3.00. The SMILES string of the molecule is COc1ccc(CNC(=O)N2CCC(Oc3cc(C#N)ccn3)C2)cc1OC. The van der Waals surface area contributed by atoms with Gasteiger partial charge in [0.05, 0.1) is 32.4 Å². The van der Waals surface area contributed by atoms with Crippen LogP contribution in [0.2, 0.25) is 0 Å².